The van der Waals surface area contributed by atoms with Gasteiger partial charge in [-0.25, -0.2) is 9.37 Å². The van der Waals surface area contributed by atoms with E-state index in [2.05, 4.69) is 15.0 Å². The molecule has 2 aliphatic rings. The number of benzene rings is 1. The first kappa shape index (κ1) is 27.9. The molecule has 2 aliphatic heterocycles. The molecule has 0 radical (unpaired) electrons. The van der Waals surface area contributed by atoms with Crippen molar-refractivity contribution < 1.29 is 23.5 Å². The lowest BCUT2D eigenvalue weighted by Crippen LogP contribution is -2.49. The maximum Gasteiger partial charge on any atom is 0.293 e. The number of nitrogens with two attached hydrogens (primary N) is 1. The fourth-order valence-corrected chi connectivity index (χ4v) is 5.27. The Labute approximate surface area is 215 Å². The summed E-state index contributed by atoms with van der Waals surface area (Å²) in [6, 6.07) is 4.83. The van der Waals surface area contributed by atoms with Gasteiger partial charge in [-0.2, -0.15) is 0 Å². The van der Waals surface area contributed by atoms with Crippen LogP contribution in [0.25, 0.3) is 0 Å². The number of ether oxygens (including phenoxy) is 1. The molecule has 0 aliphatic carbocycles. The van der Waals surface area contributed by atoms with Crippen LogP contribution in [0.3, 0.4) is 0 Å². The van der Waals surface area contributed by atoms with Crippen molar-refractivity contribution in [1.29, 1.82) is 0 Å². The van der Waals surface area contributed by atoms with Crippen molar-refractivity contribution in [3.8, 4) is 0 Å². The minimum absolute atomic E-state index is 0.0130. The molecule has 0 saturated carbocycles. The quantitative estimate of drug-likeness (QED) is 0.445. The molecule has 2 atom stereocenters. The fraction of sp³-hybridized carbons (Fsp3) is 0.538. The van der Waals surface area contributed by atoms with E-state index in [0.717, 1.165) is 43.8 Å². The minimum atomic E-state index is -0.488. The number of ketones is 1. The van der Waals surface area contributed by atoms with Gasteiger partial charge in [0.25, 0.3) is 6.47 Å². The van der Waals surface area contributed by atoms with Gasteiger partial charge < -0.3 is 20.7 Å². The highest BCUT2D eigenvalue weighted by molar-refractivity contribution is 7.10. The Balaban J connectivity index is 0.000000454. The average molecular weight is 519 g/mol. The Kier molecular flexibility index (Phi) is 9.69. The molecule has 8 nitrogen and oxygen atoms in total. The van der Waals surface area contributed by atoms with Gasteiger partial charge >= 0.3 is 0 Å². The number of rotatable bonds is 6. The topological polar surface area (TPSA) is 115 Å². The Bertz CT molecular complexity index is 1030. The van der Waals surface area contributed by atoms with Crippen LogP contribution in [0.2, 0.25) is 0 Å². The van der Waals surface area contributed by atoms with Gasteiger partial charge in [0, 0.05) is 17.5 Å². The van der Waals surface area contributed by atoms with Crippen molar-refractivity contribution in [2.45, 2.75) is 64.1 Å². The molecule has 0 spiro atoms. The molecule has 2 fully saturated rings. The van der Waals surface area contributed by atoms with Crippen LogP contribution in [-0.4, -0.2) is 59.3 Å². The molecule has 196 valence electrons. The third-order valence-corrected chi connectivity index (χ3v) is 7.21. The standard InChI is InChI=1S/C21H25FN4O2S.C5H10O2/c22-15-5-3-14(4-6-15)19(27)16-12-29-20(25-16)17-2-1-11-26(17)21(28)18(23)13-7-9-24-10-8-13;1-5(2,3)7-4-6/h3-6,12-13,17-18,24H,1-2,7-11,23H2;4H,1-3H3/t17?,18-;/m0./s1. The van der Waals surface area contributed by atoms with E-state index in [-0.39, 0.29) is 35.1 Å². The van der Waals surface area contributed by atoms with Crippen LogP contribution in [0.1, 0.15) is 73.6 Å². The first-order valence-electron chi connectivity index (χ1n) is 12.2. The van der Waals surface area contributed by atoms with Crippen molar-refractivity contribution in [3.63, 3.8) is 0 Å². The molecular weight excluding hydrogens is 483 g/mol. The smallest absolute Gasteiger partial charge is 0.293 e. The molecule has 3 N–H and O–H groups in total. The molecule has 3 heterocycles. The molecule has 1 unspecified atom stereocenters. The van der Waals surface area contributed by atoms with E-state index < -0.39 is 6.04 Å². The molecule has 10 heteroatoms. The normalized spacial score (nSPS) is 19.2. The summed E-state index contributed by atoms with van der Waals surface area (Å²) in [5, 5.41) is 5.78. The fourth-order valence-electron chi connectivity index (χ4n) is 4.32. The van der Waals surface area contributed by atoms with E-state index in [0.29, 0.717) is 24.3 Å². The summed E-state index contributed by atoms with van der Waals surface area (Å²) in [6.07, 6.45) is 3.55. The van der Waals surface area contributed by atoms with Gasteiger partial charge in [0.1, 0.15) is 22.1 Å². The number of piperidine rings is 1. The molecule has 1 aromatic carbocycles. The molecule has 1 aromatic heterocycles. The first-order valence-corrected chi connectivity index (χ1v) is 13.1. The predicted octanol–water partition coefficient (Wildman–Crippen LogP) is 3.46. The number of halogens is 1. The molecular formula is C26H35FN4O4S. The second kappa shape index (κ2) is 12.5. The van der Waals surface area contributed by atoms with Gasteiger partial charge in [0.2, 0.25) is 11.7 Å². The van der Waals surface area contributed by atoms with E-state index in [4.69, 9.17) is 5.73 Å². The lowest BCUT2D eigenvalue weighted by molar-refractivity contribution is -0.138. The lowest BCUT2D eigenvalue weighted by Gasteiger charge is -2.32. The highest BCUT2D eigenvalue weighted by Gasteiger charge is 2.37. The molecule has 4 rings (SSSR count). The number of carbonyl (C=O) groups is 3. The minimum Gasteiger partial charge on any atom is -0.462 e. The number of thiazole rings is 1. The van der Waals surface area contributed by atoms with Gasteiger partial charge in [-0.3, -0.25) is 14.4 Å². The Hall–Kier alpha value is -2.69. The van der Waals surface area contributed by atoms with Crippen LogP contribution in [0.5, 0.6) is 0 Å². The second-order valence-electron chi connectivity index (χ2n) is 10.0. The number of hydrogen-bond acceptors (Lipinski definition) is 8. The summed E-state index contributed by atoms with van der Waals surface area (Å²) in [6.45, 7) is 8.39. The SMILES string of the molecule is CC(C)(C)OC=O.N[C@H](C(=O)N1CCCC1c1nc(C(=O)c2ccc(F)cc2)cs1)C1CCNCC1. The van der Waals surface area contributed by atoms with Crippen LogP contribution < -0.4 is 11.1 Å². The number of nitrogens with zero attached hydrogens (tertiary/aromatic N) is 2. The van der Waals surface area contributed by atoms with Crippen LogP contribution in [0.15, 0.2) is 29.6 Å². The Morgan fingerprint density at radius 3 is 2.47 bits per heavy atom. The summed E-state index contributed by atoms with van der Waals surface area (Å²) in [4.78, 5) is 41.7. The van der Waals surface area contributed by atoms with Crippen LogP contribution in [0, 0.1) is 11.7 Å². The summed E-state index contributed by atoms with van der Waals surface area (Å²) in [5.41, 5.74) is 6.75. The zero-order chi connectivity index (χ0) is 26.3. The van der Waals surface area contributed by atoms with Gasteiger partial charge in [0.15, 0.2) is 0 Å². The second-order valence-corrected chi connectivity index (χ2v) is 10.9. The third kappa shape index (κ3) is 7.41. The zero-order valence-corrected chi connectivity index (χ0v) is 21.9. The van der Waals surface area contributed by atoms with Gasteiger partial charge in [-0.1, -0.05) is 0 Å². The van der Waals surface area contributed by atoms with Crippen molar-refractivity contribution in [1.82, 2.24) is 15.2 Å². The van der Waals surface area contributed by atoms with E-state index in [1.54, 1.807) is 5.38 Å². The number of carbonyl (C=O) groups excluding carboxylic acids is 3. The van der Waals surface area contributed by atoms with Crippen LogP contribution in [0.4, 0.5) is 4.39 Å². The molecule has 0 bridgehead atoms. The molecule has 2 aromatic rings. The van der Waals surface area contributed by atoms with E-state index in [1.165, 1.54) is 35.6 Å². The lowest BCUT2D eigenvalue weighted by atomic mass is 9.90. The highest BCUT2D eigenvalue weighted by Crippen LogP contribution is 2.35. The first-order chi connectivity index (χ1) is 17.1. The zero-order valence-electron chi connectivity index (χ0n) is 21.0. The van der Waals surface area contributed by atoms with E-state index >= 15 is 0 Å². The van der Waals surface area contributed by atoms with Crippen molar-refractivity contribution in [3.05, 3.63) is 51.7 Å². The van der Waals surface area contributed by atoms with Gasteiger partial charge in [0.05, 0.1) is 12.1 Å². The summed E-state index contributed by atoms with van der Waals surface area (Å²) in [5.74, 6) is -0.432. The van der Waals surface area contributed by atoms with Crippen LogP contribution >= 0.6 is 11.3 Å². The third-order valence-electron chi connectivity index (χ3n) is 6.26. The summed E-state index contributed by atoms with van der Waals surface area (Å²) in [7, 11) is 0. The number of nitrogens with one attached hydrogen (secondary N) is 1. The van der Waals surface area contributed by atoms with E-state index in [1.807, 2.05) is 25.7 Å². The largest absolute Gasteiger partial charge is 0.462 e. The van der Waals surface area contributed by atoms with Crippen molar-refractivity contribution in [2.75, 3.05) is 19.6 Å². The van der Waals surface area contributed by atoms with E-state index in [9.17, 15) is 18.8 Å². The van der Waals surface area contributed by atoms with Gasteiger partial charge in [-0.15, -0.1) is 11.3 Å². The van der Waals surface area contributed by atoms with Crippen LogP contribution in [-0.2, 0) is 14.3 Å². The summed E-state index contributed by atoms with van der Waals surface area (Å²) < 4.78 is 17.7. The monoisotopic (exact) mass is 518 g/mol. The highest BCUT2D eigenvalue weighted by atomic mass is 32.1. The Morgan fingerprint density at radius 2 is 1.89 bits per heavy atom. The number of amides is 1. The molecule has 36 heavy (non-hydrogen) atoms. The molecule has 1 amide bonds. The predicted molar refractivity (Wildman–Crippen MR) is 136 cm³/mol. The molecule has 2 saturated heterocycles. The van der Waals surface area contributed by atoms with Crippen molar-refractivity contribution in [2.24, 2.45) is 11.7 Å². The maximum absolute atomic E-state index is 13.1. The average Bonchev–Trinajstić information content (AvgIpc) is 3.53. The number of aromatic nitrogens is 1. The number of likely N-dealkylation sites (tertiary alicyclic amines) is 1. The summed E-state index contributed by atoms with van der Waals surface area (Å²) >= 11 is 1.39. The van der Waals surface area contributed by atoms with Crippen molar-refractivity contribution >= 4 is 29.5 Å². The number of hydrogen-bond donors (Lipinski definition) is 2. The maximum atomic E-state index is 13.1. The van der Waals surface area contributed by atoms with Gasteiger partial charge in [-0.05, 0) is 89.7 Å². The Morgan fingerprint density at radius 1 is 1.22 bits per heavy atom.